The van der Waals surface area contributed by atoms with Crippen molar-refractivity contribution in [3.8, 4) is 5.88 Å². The molecule has 0 atom stereocenters. The largest absolute Gasteiger partial charge is 0.481 e. The van der Waals surface area contributed by atoms with Crippen LogP contribution in [0, 0.1) is 0 Å². The lowest BCUT2D eigenvalue weighted by molar-refractivity contribution is -0.116. The van der Waals surface area contributed by atoms with Crippen LogP contribution in [0.25, 0.3) is 10.8 Å². The number of amides is 1. The van der Waals surface area contributed by atoms with Crippen molar-refractivity contribution in [2.24, 2.45) is 0 Å². The Labute approximate surface area is 164 Å². The Morgan fingerprint density at radius 2 is 2.00 bits per heavy atom. The van der Waals surface area contributed by atoms with Crippen LogP contribution in [0.5, 0.6) is 5.88 Å². The average Bonchev–Trinajstić information content (AvgIpc) is 2.73. The summed E-state index contributed by atoms with van der Waals surface area (Å²) in [4.78, 5) is 17.7. The first-order valence-electron chi connectivity index (χ1n) is 9.02. The summed E-state index contributed by atoms with van der Waals surface area (Å²) in [7, 11) is -2.12. The van der Waals surface area contributed by atoms with Crippen LogP contribution < -0.4 is 10.1 Å². The Morgan fingerprint density at radius 1 is 1.25 bits per heavy atom. The molecule has 28 heavy (non-hydrogen) atoms. The quantitative estimate of drug-likeness (QED) is 0.688. The Hall–Kier alpha value is -2.49. The first-order valence-corrected chi connectivity index (χ1v) is 10.5. The van der Waals surface area contributed by atoms with E-state index in [-0.39, 0.29) is 10.8 Å². The molecule has 3 rings (SSSR count). The number of piperazine rings is 1. The van der Waals surface area contributed by atoms with E-state index >= 15 is 0 Å². The number of nitrogens with one attached hydrogen (secondary N) is 1. The fourth-order valence-corrected chi connectivity index (χ4v) is 4.91. The first-order chi connectivity index (χ1) is 13.5. The smallest absolute Gasteiger partial charge is 0.243 e. The summed E-state index contributed by atoms with van der Waals surface area (Å²) >= 11 is 0. The number of benzene rings is 1. The number of methoxy groups -OCH3 is 1. The van der Waals surface area contributed by atoms with Crippen molar-refractivity contribution in [3.05, 3.63) is 43.1 Å². The Kier molecular flexibility index (Phi) is 6.28. The van der Waals surface area contributed by atoms with Gasteiger partial charge in [0, 0.05) is 56.2 Å². The molecular weight excluding hydrogens is 380 g/mol. The molecule has 150 valence electrons. The number of aromatic nitrogens is 1. The van der Waals surface area contributed by atoms with Crippen molar-refractivity contribution < 1.29 is 17.9 Å². The van der Waals surface area contributed by atoms with E-state index in [4.69, 9.17) is 4.74 Å². The van der Waals surface area contributed by atoms with Crippen LogP contribution in [0.4, 0.5) is 0 Å². The summed E-state index contributed by atoms with van der Waals surface area (Å²) in [5.41, 5.74) is 0. The number of carbonyl (C=O) groups excluding carboxylic acids is 1. The third-order valence-electron chi connectivity index (χ3n) is 4.78. The lowest BCUT2D eigenvalue weighted by atomic mass is 10.2. The first kappa shape index (κ1) is 20.2. The van der Waals surface area contributed by atoms with Gasteiger partial charge in [0.2, 0.25) is 21.8 Å². The van der Waals surface area contributed by atoms with Crippen molar-refractivity contribution in [3.63, 3.8) is 0 Å². The predicted molar refractivity (Wildman–Crippen MR) is 107 cm³/mol. The van der Waals surface area contributed by atoms with Crippen LogP contribution in [-0.4, -0.2) is 74.9 Å². The summed E-state index contributed by atoms with van der Waals surface area (Å²) < 4.78 is 33.2. The van der Waals surface area contributed by atoms with Gasteiger partial charge in [-0.1, -0.05) is 12.6 Å². The minimum atomic E-state index is -3.63. The maximum atomic E-state index is 13.2. The van der Waals surface area contributed by atoms with Gasteiger partial charge in [0.05, 0.1) is 12.0 Å². The van der Waals surface area contributed by atoms with Gasteiger partial charge in [-0.2, -0.15) is 4.31 Å². The summed E-state index contributed by atoms with van der Waals surface area (Å²) in [6.07, 6.45) is 2.79. The van der Waals surface area contributed by atoms with E-state index in [1.54, 1.807) is 30.5 Å². The zero-order chi connectivity index (χ0) is 20.1. The molecule has 1 N–H and O–H groups in total. The molecule has 0 spiro atoms. The molecular formula is C19H24N4O4S. The third-order valence-corrected chi connectivity index (χ3v) is 6.74. The maximum absolute atomic E-state index is 13.2. The molecule has 0 saturated carbocycles. The lowest BCUT2D eigenvalue weighted by Gasteiger charge is -2.34. The van der Waals surface area contributed by atoms with Crippen molar-refractivity contribution in [2.45, 2.75) is 4.90 Å². The molecule has 1 aliphatic heterocycles. The molecule has 1 aromatic heterocycles. The molecule has 2 aromatic rings. The number of hydrogen-bond acceptors (Lipinski definition) is 6. The van der Waals surface area contributed by atoms with Gasteiger partial charge in [0.25, 0.3) is 0 Å². The van der Waals surface area contributed by atoms with E-state index in [9.17, 15) is 13.2 Å². The minimum Gasteiger partial charge on any atom is -0.481 e. The summed E-state index contributed by atoms with van der Waals surface area (Å²) in [5, 5.41) is 4.00. The van der Waals surface area contributed by atoms with Crippen LogP contribution >= 0.6 is 0 Å². The van der Waals surface area contributed by atoms with E-state index in [1.165, 1.54) is 17.5 Å². The highest BCUT2D eigenvalue weighted by atomic mass is 32.2. The zero-order valence-corrected chi connectivity index (χ0v) is 16.6. The third kappa shape index (κ3) is 4.16. The molecule has 1 amide bonds. The molecule has 1 aliphatic rings. The van der Waals surface area contributed by atoms with Gasteiger partial charge in [-0.25, -0.2) is 13.4 Å². The summed E-state index contributed by atoms with van der Waals surface area (Å²) in [6, 6.07) is 6.82. The highest BCUT2D eigenvalue weighted by Gasteiger charge is 2.30. The van der Waals surface area contributed by atoms with E-state index in [2.05, 4.69) is 21.8 Å². The second-order valence-corrected chi connectivity index (χ2v) is 8.32. The van der Waals surface area contributed by atoms with Crippen molar-refractivity contribution in [2.75, 3.05) is 46.4 Å². The van der Waals surface area contributed by atoms with Crippen molar-refractivity contribution in [1.82, 2.24) is 19.5 Å². The number of rotatable bonds is 7. The maximum Gasteiger partial charge on any atom is 0.243 e. The predicted octanol–water partition coefficient (Wildman–Crippen LogP) is 0.852. The molecule has 1 aromatic carbocycles. The molecule has 9 heteroatoms. The molecule has 2 heterocycles. The van der Waals surface area contributed by atoms with Gasteiger partial charge in [-0.3, -0.25) is 9.69 Å². The number of nitrogens with zero attached hydrogens (tertiary/aromatic N) is 3. The topological polar surface area (TPSA) is 91.8 Å². The Bertz CT molecular complexity index is 969. The van der Waals surface area contributed by atoms with Crippen LogP contribution in [-0.2, 0) is 14.8 Å². The molecule has 0 unspecified atom stereocenters. The van der Waals surface area contributed by atoms with Crippen LogP contribution in [0.2, 0.25) is 0 Å². The van der Waals surface area contributed by atoms with Gasteiger partial charge in [0.15, 0.2) is 0 Å². The van der Waals surface area contributed by atoms with Gasteiger partial charge < -0.3 is 10.1 Å². The SMILES string of the molecule is C=CC(=O)NCCN1CCN(S(=O)(=O)c2cccc3c(OC)nccc23)CC1. The minimum absolute atomic E-state index is 0.206. The summed E-state index contributed by atoms with van der Waals surface area (Å²) in [6.45, 7) is 6.61. The second kappa shape index (κ2) is 8.68. The Balaban J connectivity index is 1.72. The molecule has 1 saturated heterocycles. The Morgan fingerprint density at radius 3 is 2.68 bits per heavy atom. The second-order valence-electron chi connectivity index (χ2n) is 6.41. The van der Waals surface area contributed by atoms with E-state index in [0.29, 0.717) is 55.9 Å². The fraction of sp³-hybridized carbons (Fsp3) is 0.368. The number of hydrogen-bond donors (Lipinski definition) is 1. The number of fused-ring (bicyclic) bond motifs is 1. The van der Waals surface area contributed by atoms with Gasteiger partial charge in [-0.05, 0) is 24.3 Å². The zero-order valence-electron chi connectivity index (χ0n) is 15.8. The number of sulfonamides is 1. The lowest BCUT2D eigenvalue weighted by Crippen LogP contribution is -2.50. The molecule has 1 fully saturated rings. The van der Waals surface area contributed by atoms with E-state index < -0.39 is 10.0 Å². The highest BCUT2D eigenvalue weighted by Crippen LogP contribution is 2.30. The normalized spacial score (nSPS) is 16.0. The van der Waals surface area contributed by atoms with Gasteiger partial charge in [-0.15, -0.1) is 0 Å². The standard InChI is InChI=1S/C19H24N4O4S/c1-3-18(24)20-9-10-22-11-13-23(14-12-22)28(25,26)17-6-4-5-16-15(17)7-8-21-19(16)27-2/h3-8H,1,9-14H2,2H3,(H,20,24). The highest BCUT2D eigenvalue weighted by molar-refractivity contribution is 7.89. The van der Waals surface area contributed by atoms with E-state index in [0.717, 1.165) is 0 Å². The monoisotopic (exact) mass is 404 g/mol. The number of ether oxygens (including phenoxy) is 1. The number of carbonyl (C=O) groups is 1. The summed E-state index contributed by atoms with van der Waals surface area (Å²) in [5.74, 6) is 0.197. The number of pyridine rings is 1. The molecule has 8 nitrogen and oxygen atoms in total. The molecule has 0 aliphatic carbocycles. The van der Waals surface area contributed by atoms with Crippen LogP contribution in [0.1, 0.15) is 0 Å². The van der Waals surface area contributed by atoms with Gasteiger partial charge >= 0.3 is 0 Å². The van der Waals surface area contributed by atoms with Crippen LogP contribution in [0.3, 0.4) is 0 Å². The van der Waals surface area contributed by atoms with Gasteiger partial charge in [0.1, 0.15) is 0 Å². The van der Waals surface area contributed by atoms with Crippen molar-refractivity contribution >= 4 is 26.7 Å². The van der Waals surface area contributed by atoms with Crippen molar-refractivity contribution in [1.29, 1.82) is 0 Å². The van der Waals surface area contributed by atoms with E-state index in [1.807, 2.05) is 0 Å². The fourth-order valence-electron chi connectivity index (χ4n) is 3.28. The molecule has 0 radical (unpaired) electrons. The molecule has 0 bridgehead atoms. The van der Waals surface area contributed by atoms with Crippen LogP contribution in [0.15, 0.2) is 48.0 Å². The average molecular weight is 404 g/mol.